The molecule has 3 aromatic rings. The van der Waals surface area contributed by atoms with Crippen LogP contribution < -0.4 is 19.5 Å². The van der Waals surface area contributed by atoms with E-state index >= 15 is 0 Å². The van der Waals surface area contributed by atoms with E-state index in [4.69, 9.17) is 14.2 Å². The molecule has 3 aliphatic rings. The van der Waals surface area contributed by atoms with Crippen LogP contribution in [0.25, 0.3) is 0 Å². The zero-order chi connectivity index (χ0) is 21.9. The van der Waals surface area contributed by atoms with Gasteiger partial charge in [0.2, 0.25) is 5.91 Å². The molecular formula is C26H24N2O4. The fraction of sp³-hybridized carbons (Fsp3) is 0.308. The lowest BCUT2D eigenvalue weighted by atomic mass is 9.58. The molecule has 1 amide bonds. The molecule has 1 N–H and O–H groups in total. The van der Waals surface area contributed by atoms with E-state index in [9.17, 15) is 4.79 Å². The minimum atomic E-state index is -0.931. The van der Waals surface area contributed by atoms with Crippen LogP contribution in [0, 0.1) is 5.92 Å². The zero-order valence-electron chi connectivity index (χ0n) is 18.1. The third-order valence-electron chi connectivity index (χ3n) is 6.92. The summed E-state index contributed by atoms with van der Waals surface area (Å²) < 4.78 is 18.3. The Hall–Kier alpha value is -3.54. The lowest BCUT2D eigenvalue weighted by Crippen LogP contribution is -2.58. The molecule has 2 unspecified atom stereocenters. The summed E-state index contributed by atoms with van der Waals surface area (Å²) >= 11 is 0. The number of para-hydroxylation sites is 1. The molecule has 6 rings (SSSR count). The van der Waals surface area contributed by atoms with E-state index < -0.39 is 11.0 Å². The molecular weight excluding hydrogens is 404 g/mol. The molecule has 0 saturated carbocycles. The molecule has 1 aromatic heterocycles. The Kier molecular flexibility index (Phi) is 4.03. The van der Waals surface area contributed by atoms with E-state index in [1.807, 2.05) is 48.7 Å². The summed E-state index contributed by atoms with van der Waals surface area (Å²) in [7, 11) is 0. The predicted octanol–water partition coefficient (Wildman–Crippen LogP) is 4.12. The van der Waals surface area contributed by atoms with Crippen LogP contribution >= 0.6 is 0 Å². The molecule has 6 nitrogen and oxygen atoms in total. The van der Waals surface area contributed by atoms with Crippen LogP contribution in [0.4, 0.5) is 5.69 Å². The number of amides is 1. The Morgan fingerprint density at radius 1 is 1.00 bits per heavy atom. The van der Waals surface area contributed by atoms with Crippen molar-refractivity contribution in [2.75, 3.05) is 18.5 Å². The number of ether oxygens (including phenoxy) is 3. The molecule has 6 heteroatoms. The van der Waals surface area contributed by atoms with Crippen LogP contribution in [0.2, 0.25) is 0 Å². The largest absolute Gasteiger partial charge is 0.487 e. The van der Waals surface area contributed by atoms with Gasteiger partial charge >= 0.3 is 0 Å². The van der Waals surface area contributed by atoms with Gasteiger partial charge in [0, 0.05) is 35.6 Å². The smallest absolute Gasteiger partial charge is 0.240 e. The van der Waals surface area contributed by atoms with Crippen molar-refractivity contribution in [1.82, 2.24) is 4.98 Å². The quantitative estimate of drug-likeness (QED) is 0.665. The Bertz CT molecular complexity index is 1220. The van der Waals surface area contributed by atoms with Gasteiger partial charge in [-0.3, -0.25) is 9.78 Å². The number of rotatable bonds is 2. The van der Waals surface area contributed by atoms with Gasteiger partial charge in [-0.2, -0.15) is 0 Å². The number of hydrogen-bond acceptors (Lipinski definition) is 5. The Morgan fingerprint density at radius 2 is 1.78 bits per heavy atom. The molecule has 32 heavy (non-hydrogen) atoms. The lowest BCUT2D eigenvalue weighted by Gasteiger charge is -2.50. The van der Waals surface area contributed by atoms with Gasteiger partial charge in [-0.15, -0.1) is 0 Å². The van der Waals surface area contributed by atoms with E-state index in [-0.39, 0.29) is 11.8 Å². The SMILES string of the molecule is CC1(C)Oc2cc3c(cc2C2(C(=O)Nc4ccccc42)C1Cc1cccnc1)OCCO3. The maximum Gasteiger partial charge on any atom is 0.240 e. The molecule has 0 radical (unpaired) electrons. The summed E-state index contributed by atoms with van der Waals surface area (Å²) in [4.78, 5) is 18.3. The first-order valence-electron chi connectivity index (χ1n) is 10.9. The number of anilines is 1. The maximum atomic E-state index is 14.0. The van der Waals surface area contributed by atoms with E-state index in [1.165, 1.54) is 0 Å². The van der Waals surface area contributed by atoms with Gasteiger partial charge < -0.3 is 19.5 Å². The summed E-state index contributed by atoms with van der Waals surface area (Å²) in [6, 6.07) is 15.7. The van der Waals surface area contributed by atoms with Gasteiger partial charge in [-0.1, -0.05) is 24.3 Å². The summed E-state index contributed by atoms with van der Waals surface area (Å²) in [6.45, 7) is 5.09. The summed E-state index contributed by atoms with van der Waals surface area (Å²) in [5.41, 5.74) is 2.12. The van der Waals surface area contributed by atoms with Crippen LogP contribution in [0.15, 0.2) is 60.9 Å². The fourth-order valence-corrected chi connectivity index (χ4v) is 5.57. The number of nitrogens with zero attached hydrogens (tertiary/aromatic N) is 1. The second-order valence-corrected chi connectivity index (χ2v) is 9.12. The highest BCUT2D eigenvalue weighted by atomic mass is 16.6. The zero-order valence-corrected chi connectivity index (χ0v) is 18.1. The second-order valence-electron chi connectivity index (χ2n) is 9.12. The van der Waals surface area contributed by atoms with Crippen molar-refractivity contribution >= 4 is 11.6 Å². The van der Waals surface area contributed by atoms with Crippen molar-refractivity contribution in [2.24, 2.45) is 5.92 Å². The van der Waals surface area contributed by atoms with Gasteiger partial charge in [0.25, 0.3) is 0 Å². The second kappa shape index (κ2) is 6.73. The average molecular weight is 428 g/mol. The monoisotopic (exact) mass is 428 g/mol. The minimum absolute atomic E-state index is 0.0399. The van der Waals surface area contributed by atoms with Gasteiger partial charge in [0.15, 0.2) is 11.5 Å². The summed E-state index contributed by atoms with van der Waals surface area (Å²) in [5.74, 6) is 1.74. The number of hydrogen-bond donors (Lipinski definition) is 1. The van der Waals surface area contributed by atoms with E-state index in [0.717, 1.165) is 22.4 Å². The number of aromatic nitrogens is 1. The van der Waals surface area contributed by atoms with Crippen molar-refractivity contribution in [3.05, 3.63) is 77.6 Å². The average Bonchev–Trinajstić information content (AvgIpc) is 3.08. The lowest BCUT2D eigenvalue weighted by molar-refractivity contribution is -0.126. The van der Waals surface area contributed by atoms with Crippen molar-refractivity contribution in [1.29, 1.82) is 0 Å². The molecule has 3 aliphatic heterocycles. The topological polar surface area (TPSA) is 69.7 Å². The highest BCUT2D eigenvalue weighted by Gasteiger charge is 2.62. The fourth-order valence-electron chi connectivity index (χ4n) is 5.57. The first-order chi connectivity index (χ1) is 15.5. The highest BCUT2D eigenvalue weighted by molar-refractivity contribution is 6.10. The van der Waals surface area contributed by atoms with Crippen LogP contribution in [0.3, 0.4) is 0 Å². The van der Waals surface area contributed by atoms with Crippen molar-refractivity contribution in [3.63, 3.8) is 0 Å². The minimum Gasteiger partial charge on any atom is -0.487 e. The van der Waals surface area contributed by atoms with Crippen LogP contribution in [0.5, 0.6) is 17.2 Å². The van der Waals surface area contributed by atoms with Crippen LogP contribution in [-0.4, -0.2) is 29.7 Å². The number of pyridine rings is 1. The normalized spacial score (nSPS) is 24.3. The van der Waals surface area contributed by atoms with Gasteiger partial charge in [-0.25, -0.2) is 0 Å². The standard InChI is InChI=1S/C26H24N2O4/c1-25(2)23(12-16-6-5-9-27-15-16)26(17-7-3-4-8-19(17)28-24(26)29)18-13-21-22(14-20(18)32-25)31-11-10-30-21/h3-9,13-15,23H,10-12H2,1-2H3,(H,28,29). The molecule has 0 saturated heterocycles. The Morgan fingerprint density at radius 3 is 2.56 bits per heavy atom. The highest BCUT2D eigenvalue weighted by Crippen LogP contribution is 2.59. The predicted molar refractivity (Wildman–Crippen MR) is 119 cm³/mol. The molecule has 2 atom stereocenters. The maximum absolute atomic E-state index is 14.0. The first-order valence-corrected chi connectivity index (χ1v) is 10.9. The van der Waals surface area contributed by atoms with Crippen LogP contribution in [-0.2, 0) is 16.6 Å². The number of nitrogens with one attached hydrogen (secondary N) is 1. The van der Waals surface area contributed by atoms with Gasteiger partial charge in [0.05, 0.1) is 0 Å². The molecule has 1 spiro atoms. The number of fused-ring (bicyclic) bond motifs is 5. The Labute approximate surface area is 186 Å². The number of benzene rings is 2. The third kappa shape index (κ3) is 2.58. The first kappa shape index (κ1) is 19.2. The number of carbonyl (C=O) groups is 1. The number of carbonyl (C=O) groups excluding carboxylic acids is 1. The molecule has 162 valence electrons. The molecule has 4 heterocycles. The summed E-state index contributed by atoms with van der Waals surface area (Å²) in [6.07, 6.45) is 4.26. The summed E-state index contributed by atoms with van der Waals surface area (Å²) in [5, 5.41) is 3.15. The van der Waals surface area contributed by atoms with Crippen molar-refractivity contribution in [3.8, 4) is 17.2 Å². The van der Waals surface area contributed by atoms with Gasteiger partial charge in [0.1, 0.15) is 30.0 Å². The third-order valence-corrected chi connectivity index (χ3v) is 6.92. The molecule has 0 aliphatic carbocycles. The van der Waals surface area contributed by atoms with Crippen molar-refractivity contribution < 1.29 is 19.0 Å². The van der Waals surface area contributed by atoms with Gasteiger partial charge in [-0.05, 0) is 49.6 Å². The van der Waals surface area contributed by atoms with E-state index in [1.54, 1.807) is 6.20 Å². The molecule has 2 aromatic carbocycles. The van der Waals surface area contributed by atoms with E-state index in [2.05, 4.69) is 30.2 Å². The van der Waals surface area contributed by atoms with E-state index in [0.29, 0.717) is 36.9 Å². The van der Waals surface area contributed by atoms with Crippen molar-refractivity contribution in [2.45, 2.75) is 31.3 Å². The Balaban J connectivity index is 1.64. The molecule has 0 bridgehead atoms. The van der Waals surface area contributed by atoms with Crippen LogP contribution in [0.1, 0.15) is 30.5 Å². The molecule has 0 fully saturated rings.